The van der Waals surface area contributed by atoms with Gasteiger partial charge in [0.25, 0.3) is 11.8 Å². The lowest BCUT2D eigenvalue weighted by Gasteiger charge is -2.20. The molecule has 1 aliphatic rings. The molecule has 0 spiro atoms. The van der Waals surface area contributed by atoms with Crippen LogP contribution in [-0.2, 0) is 4.79 Å². The highest BCUT2D eigenvalue weighted by atomic mass is 16.5. The number of ether oxygens (including phenoxy) is 1. The molecule has 0 unspecified atom stereocenters. The molecule has 2 aromatic rings. The van der Waals surface area contributed by atoms with Gasteiger partial charge >= 0.3 is 0 Å². The summed E-state index contributed by atoms with van der Waals surface area (Å²) >= 11 is 0. The number of hydrogen-bond donors (Lipinski definition) is 3. The van der Waals surface area contributed by atoms with Gasteiger partial charge in [-0.3, -0.25) is 9.59 Å². The van der Waals surface area contributed by atoms with Crippen LogP contribution in [0.5, 0.6) is 5.75 Å². The van der Waals surface area contributed by atoms with Crippen LogP contribution in [0, 0.1) is 6.92 Å². The monoisotopic (exact) mass is 287 g/mol. The number of carbonyl (C=O) groups is 2. The summed E-state index contributed by atoms with van der Waals surface area (Å²) in [7, 11) is 0. The van der Waals surface area contributed by atoms with Crippen LogP contribution < -0.4 is 21.1 Å². The maximum atomic E-state index is 12.1. The summed E-state index contributed by atoms with van der Waals surface area (Å²) in [6.07, 6.45) is 1.37. The number of anilines is 3. The molecule has 3 rings (SSSR count). The van der Waals surface area contributed by atoms with E-state index in [1.54, 1.807) is 25.1 Å². The molecule has 0 bridgehead atoms. The number of aryl methyl sites for hydroxylation is 1. The van der Waals surface area contributed by atoms with Crippen LogP contribution in [0.15, 0.2) is 28.9 Å². The minimum Gasteiger partial charge on any atom is -0.482 e. The number of benzene rings is 1. The molecule has 0 radical (unpaired) electrons. The van der Waals surface area contributed by atoms with E-state index in [4.69, 9.17) is 14.9 Å². The fourth-order valence-electron chi connectivity index (χ4n) is 2.01. The Hall–Kier alpha value is -2.96. The average molecular weight is 287 g/mol. The summed E-state index contributed by atoms with van der Waals surface area (Å²) in [5.74, 6) is 0.514. The molecular formula is C14H13N3O4. The Labute approximate surface area is 120 Å². The van der Waals surface area contributed by atoms with Gasteiger partial charge in [0.05, 0.1) is 22.6 Å². The molecule has 0 saturated heterocycles. The van der Waals surface area contributed by atoms with Crippen LogP contribution >= 0.6 is 0 Å². The molecule has 21 heavy (non-hydrogen) atoms. The van der Waals surface area contributed by atoms with Gasteiger partial charge in [0, 0.05) is 6.07 Å². The van der Waals surface area contributed by atoms with Gasteiger partial charge in [-0.15, -0.1) is 0 Å². The Kier molecular flexibility index (Phi) is 3.02. The Morgan fingerprint density at radius 2 is 2.19 bits per heavy atom. The first kappa shape index (κ1) is 13.0. The molecule has 7 heteroatoms. The lowest BCUT2D eigenvalue weighted by atomic mass is 10.2. The smallest absolute Gasteiger partial charge is 0.262 e. The van der Waals surface area contributed by atoms with Crippen LogP contribution in [0.4, 0.5) is 17.1 Å². The number of rotatable bonds is 2. The Bertz CT molecular complexity index is 736. The number of hydrogen-bond acceptors (Lipinski definition) is 5. The van der Waals surface area contributed by atoms with E-state index in [0.717, 1.165) is 0 Å². The number of amides is 2. The summed E-state index contributed by atoms with van der Waals surface area (Å²) in [6, 6.07) is 4.74. The van der Waals surface area contributed by atoms with Gasteiger partial charge in [-0.25, -0.2) is 0 Å². The molecule has 2 heterocycles. The first-order valence-corrected chi connectivity index (χ1v) is 6.25. The van der Waals surface area contributed by atoms with E-state index in [2.05, 4.69) is 10.6 Å². The van der Waals surface area contributed by atoms with Gasteiger partial charge in [0.2, 0.25) is 0 Å². The lowest BCUT2D eigenvalue weighted by molar-refractivity contribution is -0.118. The van der Waals surface area contributed by atoms with Gasteiger partial charge in [0.15, 0.2) is 6.61 Å². The van der Waals surface area contributed by atoms with Gasteiger partial charge in [-0.1, -0.05) is 0 Å². The topological polar surface area (TPSA) is 107 Å². The van der Waals surface area contributed by atoms with E-state index in [-0.39, 0.29) is 18.4 Å². The third kappa shape index (κ3) is 2.53. The van der Waals surface area contributed by atoms with Gasteiger partial charge in [0.1, 0.15) is 17.8 Å². The number of furan rings is 1. The van der Waals surface area contributed by atoms with Crippen molar-refractivity contribution in [1.29, 1.82) is 0 Å². The summed E-state index contributed by atoms with van der Waals surface area (Å²) in [6.45, 7) is 1.70. The van der Waals surface area contributed by atoms with Crippen molar-refractivity contribution < 1.29 is 18.7 Å². The SMILES string of the molecule is Cc1cc(C(=O)Nc2cc3c(cc2N)OCC(=O)N3)co1. The van der Waals surface area contributed by atoms with Crippen molar-refractivity contribution in [3.05, 3.63) is 35.8 Å². The molecule has 4 N–H and O–H groups in total. The lowest BCUT2D eigenvalue weighted by Crippen LogP contribution is -2.25. The highest BCUT2D eigenvalue weighted by Gasteiger charge is 2.19. The molecule has 0 aliphatic carbocycles. The van der Waals surface area contributed by atoms with Crippen molar-refractivity contribution in [1.82, 2.24) is 0 Å². The van der Waals surface area contributed by atoms with E-state index in [0.29, 0.717) is 34.1 Å². The van der Waals surface area contributed by atoms with Crippen molar-refractivity contribution in [2.24, 2.45) is 0 Å². The number of carbonyl (C=O) groups excluding carboxylic acids is 2. The minimum absolute atomic E-state index is 0.0492. The molecule has 108 valence electrons. The number of fused-ring (bicyclic) bond motifs is 1. The highest BCUT2D eigenvalue weighted by Crippen LogP contribution is 2.35. The predicted molar refractivity (Wildman–Crippen MR) is 76.4 cm³/mol. The first-order valence-electron chi connectivity index (χ1n) is 6.25. The van der Waals surface area contributed by atoms with E-state index < -0.39 is 0 Å². The van der Waals surface area contributed by atoms with Gasteiger partial charge < -0.3 is 25.5 Å². The minimum atomic E-state index is -0.346. The Morgan fingerprint density at radius 3 is 2.90 bits per heavy atom. The van der Waals surface area contributed by atoms with Crippen LogP contribution in [0.1, 0.15) is 16.1 Å². The van der Waals surface area contributed by atoms with Gasteiger partial charge in [-0.05, 0) is 19.1 Å². The number of nitrogens with one attached hydrogen (secondary N) is 2. The van der Waals surface area contributed by atoms with Crippen molar-refractivity contribution in [2.45, 2.75) is 6.92 Å². The van der Waals surface area contributed by atoms with Crippen LogP contribution in [-0.4, -0.2) is 18.4 Å². The zero-order chi connectivity index (χ0) is 15.0. The third-order valence-corrected chi connectivity index (χ3v) is 3.03. The fourth-order valence-corrected chi connectivity index (χ4v) is 2.01. The van der Waals surface area contributed by atoms with Crippen molar-refractivity contribution in [3.63, 3.8) is 0 Å². The van der Waals surface area contributed by atoms with Crippen LogP contribution in [0.3, 0.4) is 0 Å². The average Bonchev–Trinajstić information content (AvgIpc) is 2.87. The summed E-state index contributed by atoms with van der Waals surface area (Å²) in [5.41, 5.74) is 7.48. The van der Waals surface area contributed by atoms with Crippen molar-refractivity contribution in [2.75, 3.05) is 23.0 Å². The molecule has 1 aromatic carbocycles. The first-order chi connectivity index (χ1) is 10.0. The largest absolute Gasteiger partial charge is 0.482 e. The second kappa shape index (κ2) is 4.86. The fraction of sp³-hybridized carbons (Fsp3) is 0.143. The van der Waals surface area contributed by atoms with Gasteiger partial charge in [-0.2, -0.15) is 0 Å². The van der Waals surface area contributed by atoms with Crippen LogP contribution in [0.25, 0.3) is 0 Å². The van der Waals surface area contributed by atoms with E-state index in [1.165, 1.54) is 6.26 Å². The maximum Gasteiger partial charge on any atom is 0.262 e. The summed E-state index contributed by atoms with van der Waals surface area (Å²) in [4.78, 5) is 23.4. The number of nitrogen functional groups attached to an aromatic ring is 1. The molecular weight excluding hydrogens is 274 g/mol. The van der Waals surface area contributed by atoms with E-state index in [9.17, 15) is 9.59 Å². The number of nitrogens with two attached hydrogens (primary N) is 1. The normalized spacial score (nSPS) is 13.1. The second-order valence-corrected chi connectivity index (χ2v) is 4.67. The summed E-state index contributed by atoms with van der Waals surface area (Å²) in [5, 5.41) is 5.33. The van der Waals surface area contributed by atoms with Crippen molar-refractivity contribution in [3.8, 4) is 5.75 Å². The zero-order valence-electron chi connectivity index (χ0n) is 11.2. The maximum absolute atomic E-state index is 12.1. The third-order valence-electron chi connectivity index (χ3n) is 3.03. The Balaban J connectivity index is 1.87. The van der Waals surface area contributed by atoms with E-state index in [1.807, 2.05) is 0 Å². The molecule has 7 nitrogen and oxygen atoms in total. The quantitative estimate of drug-likeness (QED) is 0.729. The predicted octanol–water partition coefficient (Wildman–Crippen LogP) is 1.75. The Morgan fingerprint density at radius 1 is 1.38 bits per heavy atom. The highest BCUT2D eigenvalue weighted by molar-refractivity contribution is 6.07. The molecule has 0 fully saturated rings. The molecule has 1 aliphatic heterocycles. The molecule has 1 aromatic heterocycles. The molecule has 0 saturated carbocycles. The van der Waals surface area contributed by atoms with Crippen molar-refractivity contribution >= 4 is 28.9 Å². The zero-order valence-corrected chi connectivity index (χ0v) is 11.2. The van der Waals surface area contributed by atoms with Crippen LogP contribution in [0.2, 0.25) is 0 Å². The summed E-state index contributed by atoms with van der Waals surface area (Å²) < 4.78 is 10.3. The standard InChI is InChI=1S/C14H13N3O4/c1-7-2-8(5-20-7)14(19)17-10-4-11-12(3-9(10)15)21-6-13(18)16-11/h2-5H,6,15H2,1H3,(H,16,18)(H,17,19). The van der Waals surface area contributed by atoms with E-state index >= 15 is 0 Å². The molecule has 0 atom stereocenters. The molecule has 2 amide bonds. The second-order valence-electron chi connectivity index (χ2n) is 4.67.